The molecule has 0 atom stereocenters. The van der Waals surface area contributed by atoms with E-state index in [-0.39, 0.29) is 0 Å². The van der Waals surface area contributed by atoms with Crippen molar-refractivity contribution in [1.29, 1.82) is 0 Å². The maximum atomic E-state index is 4.10. The second kappa shape index (κ2) is 1.80. The zero-order chi connectivity index (χ0) is 6.97. The van der Waals surface area contributed by atoms with Crippen LogP contribution in [0, 0.1) is 6.92 Å². The first-order chi connectivity index (χ1) is 4.88. The van der Waals surface area contributed by atoms with Crippen LogP contribution < -0.4 is 0 Å². The molecule has 0 saturated carbocycles. The lowest BCUT2D eigenvalue weighted by Crippen LogP contribution is -1.77. The summed E-state index contributed by atoms with van der Waals surface area (Å²) in [5.74, 6) is 0. The van der Waals surface area contributed by atoms with Crippen LogP contribution in [-0.4, -0.2) is 15.0 Å². The molecular formula is C7H7N3. The van der Waals surface area contributed by atoms with Crippen LogP contribution in [0.2, 0.25) is 0 Å². The van der Waals surface area contributed by atoms with E-state index in [1.54, 1.807) is 12.5 Å². The second-order valence-corrected chi connectivity index (χ2v) is 2.26. The Morgan fingerprint density at radius 3 is 3.20 bits per heavy atom. The first-order valence-corrected chi connectivity index (χ1v) is 3.11. The highest BCUT2D eigenvalue weighted by Gasteiger charge is 1.97. The standard InChI is InChI=1S/C7H7N3/c1-5-2-9-6-3-8-4-10-7(5)6/h2-4,9H,1H3. The van der Waals surface area contributed by atoms with Crippen molar-refractivity contribution < 1.29 is 0 Å². The fraction of sp³-hybridized carbons (Fsp3) is 0.143. The minimum absolute atomic E-state index is 1.00. The van der Waals surface area contributed by atoms with E-state index in [1.165, 1.54) is 0 Å². The second-order valence-electron chi connectivity index (χ2n) is 2.26. The van der Waals surface area contributed by atoms with Gasteiger partial charge in [0.25, 0.3) is 0 Å². The van der Waals surface area contributed by atoms with Crippen LogP contribution in [0.3, 0.4) is 0 Å². The normalized spacial score (nSPS) is 10.5. The Balaban J connectivity index is 2.93. The van der Waals surface area contributed by atoms with Crippen molar-refractivity contribution in [2.75, 3.05) is 0 Å². The first-order valence-electron chi connectivity index (χ1n) is 3.11. The number of rotatable bonds is 0. The number of aromatic amines is 1. The fourth-order valence-electron chi connectivity index (χ4n) is 1.00. The molecule has 1 N–H and O–H groups in total. The molecule has 0 radical (unpaired) electrons. The predicted octanol–water partition coefficient (Wildman–Crippen LogP) is 1.27. The van der Waals surface area contributed by atoms with Gasteiger partial charge in [-0.2, -0.15) is 0 Å². The van der Waals surface area contributed by atoms with E-state index >= 15 is 0 Å². The highest BCUT2D eigenvalue weighted by Crippen LogP contribution is 2.11. The van der Waals surface area contributed by atoms with E-state index in [9.17, 15) is 0 Å². The quantitative estimate of drug-likeness (QED) is 0.588. The van der Waals surface area contributed by atoms with Crippen molar-refractivity contribution in [3.8, 4) is 0 Å². The Hall–Kier alpha value is -1.38. The summed E-state index contributed by atoms with van der Waals surface area (Å²) in [6.07, 6.45) is 5.26. The summed E-state index contributed by atoms with van der Waals surface area (Å²) in [5.41, 5.74) is 3.17. The van der Waals surface area contributed by atoms with Gasteiger partial charge in [-0.15, -0.1) is 0 Å². The summed E-state index contributed by atoms with van der Waals surface area (Å²) < 4.78 is 0. The Bertz CT molecular complexity index is 350. The molecular weight excluding hydrogens is 126 g/mol. The average molecular weight is 133 g/mol. The lowest BCUT2D eigenvalue weighted by molar-refractivity contribution is 1.21. The van der Waals surface area contributed by atoms with E-state index in [2.05, 4.69) is 15.0 Å². The van der Waals surface area contributed by atoms with E-state index in [1.807, 2.05) is 13.1 Å². The monoisotopic (exact) mass is 133 g/mol. The number of hydrogen-bond acceptors (Lipinski definition) is 2. The summed E-state index contributed by atoms with van der Waals surface area (Å²) in [6.45, 7) is 2.02. The van der Waals surface area contributed by atoms with Crippen LogP contribution in [0.15, 0.2) is 18.7 Å². The molecule has 10 heavy (non-hydrogen) atoms. The van der Waals surface area contributed by atoms with Gasteiger partial charge >= 0.3 is 0 Å². The van der Waals surface area contributed by atoms with Gasteiger partial charge in [-0.3, -0.25) is 0 Å². The number of nitrogens with one attached hydrogen (secondary N) is 1. The third-order valence-corrected chi connectivity index (χ3v) is 1.53. The third-order valence-electron chi connectivity index (χ3n) is 1.53. The molecule has 2 aromatic heterocycles. The number of nitrogens with zero attached hydrogens (tertiary/aromatic N) is 2. The molecule has 0 spiro atoms. The van der Waals surface area contributed by atoms with Gasteiger partial charge in [0.15, 0.2) is 0 Å². The largest absolute Gasteiger partial charge is 0.358 e. The van der Waals surface area contributed by atoms with Crippen molar-refractivity contribution in [3.63, 3.8) is 0 Å². The number of aryl methyl sites for hydroxylation is 1. The zero-order valence-corrected chi connectivity index (χ0v) is 5.63. The molecule has 0 aliphatic rings. The van der Waals surface area contributed by atoms with Crippen molar-refractivity contribution in [2.24, 2.45) is 0 Å². The van der Waals surface area contributed by atoms with Crippen LogP contribution >= 0.6 is 0 Å². The van der Waals surface area contributed by atoms with Crippen molar-refractivity contribution >= 4 is 11.0 Å². The van der Waals surface area contributed by atoms with Crippen LogP contribution in [-0.2, 0) is 0 Å². The number of aromatic nitrogens is 3. The van der Waals surface area contributed by atoms with Gasteiger partial charge in [0.2, 0.25) is 0 Å². The first kappa shape index (κ1) is 5.41. The van der Waals surface area contributed by atoms with E-state index in [4.69, 9.17) is 0 Å². The highest BCUT2D eigenvalue weighted by atomic mass is 14.9. The van der Waals surface area contributed by atoms with Gasteiger partial charge in [0.1, 0.15) is 6.33 Å². The summed E-state index contributed by atoms with van der Waals surface area (Å²) in [4.78, 5) is 11.0. The Morgan fingerprint density at radius 2 is 2.40 bits per heavy atom. The lowest BCUT2D eigenvalue weighted by Gasteiger charge is -1.85. The SMILES string of the molecule is Cc1c[nH]c2cncnc12. The molecule has 0 amide bonds. The maximum absolute atomic E-state index is 4.10. The molecule has 50 valence electrons. The Labute approximate surface area is 58.1 Å². The van der Waals surface area contributed by atoms with Crippen molar-refractivity contribution in [3.05, 3.63) is 24.3 Å². The molecule has 2 aromatic rings. The molecule has 2 heterocycles. The van der Waals surface area contributed by atoms with Gasteiger partial charge in [0.05, 0.1) is 17.2 Å². The van der Waals surface area contributed by atoms with Gasteiger partial charge in [-0.25, -0.2) is 9.97 Å². The van der Waals surface area contributed by atoms with Crippen LogP contribution in [0.25, 0.3) is 11.0 Å². The minimum Gasteiger partial charge on any atom is -0.358 e. The maximum Gasteiger partial charge on any atom is 0.116 e. The third kappa shape index (κ3) is 0.603. The van der Waals surface area contributed by atoms with E-state index < -0.39 is 0 Å². The van der Waals surface area contributed by atoms with Crippen LogP contribution in [0.4, 0.5) is 0 Å². The number of hydrogen-bond donors (Lipinski definition) is 1. The van der Waals surface area contributed by atoms with Crippen molar-refractivity contribution in [2.45, 2.75) is 6.92 Å². The number of fused-ring (bicyclic) bond motifs is 1. The molecule has 3 nitrogen and oxygen atoms in total. The summed E-state index contributed by atoms with van der Waals surface area (Å²) >= 11 is 0. The van der Waals surface area contributed by atoms with E-state index in [0.29, 0.717) is 0 Å². The van der Waals surface area contributed by atoms with Gasteiger partial charge in [0, 0.05) is 6.20 Å². The molecule has 0 aromatic carbocycles. The fourth-order valence-corrected chi connectivity index (χ4v) is 1.00. The topological polar surface area (TPSA) is 41.6 Å². The Kier molecular flexibility index (Phi) is 0.974. The summed E-state index contributed by atoms with van der Waals surface area (Å²) in [6, 6.07) is 0. The smallest absolute Gasteiger partial charge is 0.116 e. The van der Waals surface area contributed by atoms with Crippen LogP contribution in [0.1, 0.15) is 5.56 Å². The molecule has 0 fully saturated rings. The molecule has 2 rings (SSSR count). The predicted molar refractivity (Wildman–Crippen MR) is 38.6 cm³/mol. The lowest BCUT2D eigenvalue weighted by atomic mass is 10.3. The van der Waals surface area contributed by atoms with Gasteiger partial charge < -0.3 is 4.98 Å². The van der Waals surface area contributed by atoms with Crippen molar-refractivity contribution in [1.82, 2.24) is 15.0 Å². The molecule has 0 saturated heterocycles. The summed E-state index contributed by atoms with van der Waals surface area (Å²) in [7, 11) is 0. The van der Waals surface area contributed by atoms with Gasteiger partial charge in [-0.1, -0.05) is 0 Å². The van der Waals surface area contributed by atoms with Gasteiger partial charge in [-0.05, 0) is 12.5 Å². The highest BCUT2D eigenvalue weighted by molar-refractivity contribution is 5.77. The molecule has 3 heteroatoms. The minimum atomic E-state index is 1.00. The molecule has 0 bridgehead atoms. The molecule has 0 aliphatic heterocycles. The average Bonchev–Trinajstić information content (AvgIpc) is 2.34. The summed E-state index contributed by atoms with van der Waals surface area (Å²) in [5, 5.41) is 0. The zero-order valence-electron chi connectivity index (χ0n) is 5.63. The number of H-pyrrole nitrogens is 1. The molecule has 0 aliphatic carbocycles. The van der Waals surface area contributed by atoms with Crippen LogP contribution in [0.5, 0.6) is 0 Å². The van der Waals surface area contributed by atoms with E-state index in [0.717, 1.165) is 16.6 Å². The molecule has 0 unspecified atom stereocenters. The Morgan fingerprint density at radius 1 is 1.50 bits per heavy atom.